The van der Waals surface area contributed by atoms with Gasteiger partial charge in [-0.2, -0.15) is 0 Å². The number of halogens is 2. The van der Waals surface area contributed by atoms with Gasteiger partial charge in [0.15, 0.2) is 0 Å². The molecular formula is C20H23Cl2N3O3. The van der Waals surface area contributed by atoms with Gasteiger partial charge in [-0.3, -0.25) is 9.59 Å². The Balaban J connectivity index is 1.50. The fourth-order valence-electron chi connectivity index (χ4n) is 3.27. The minimum Gasteiger partial charge on any atom is -0.497 e. The van der Waals surface area contributed by atoms with Gasteiger partial charge in [-0.05, 0) is 30.2 Å². The molecular weight excluding hydrogens is 401 g/mol. The first-order valence-electron chi connectivity index (χ1n) is 9.11. The molecule has 28 heavy (non-hydrogen) atoms. The molecule has 1 aliphatic heterocycles. The van der Waals surface area contributed by atoms with E-state index in [-0.39, 0.29) is 11.8 Å². The van der Waals surface area contributed by atoms with Crippen LogP contribution in [0, 0.1) is 0 Å². The molecule has 1 saturated heterocycles. The molecule has 2 amide bonds. The summed E-state index contributed by atoms with van der Waals surface area (Å²) in [7, 11) is 3.34. The van der Waals surface area contributed by atoms with Crippen LogP contribution >= 0.6 is 23.2 Å². The molecule has 0 aliphatic carbocycles. The van der Waals surface area contributed by atoms with Crippen LogP contribution in [0.5, 0.6) is 5.75 Å². The number of aryl methyl sites for hydroxylation is 1. The highest BCUT2D eigenvalue weighted by Crippen LogP contribution is 2.26. The molecule has 3 rings (SSSR count). The summed E-state index contributed by atoms with van der Waals surface area (Å²) in [5.74, 6) is 0.783. The van der Waals surface area contributed by atoms with E-state index in [2.05, 4.69) is 0 Å². The van der Waals surface area contributed by atoms with Crippen molar-refractivity contribution in [3.05, 3.63) is 51.8 Å². The fourth-order valence-corrected chi connectivity index (χ4v) is 3.65. The second kappa shape index (κ2) is 8.88. The monoisotopic (exact) mass is 423 g/mol. The van der Waals surface area contributed by atoms with Crippen molar-refractivity contribution < 1.29 is 14.3 Å². The zero-order valence-electron chi connectivity index (χ0n) is 16.0. The fraction of sp³-hybridized carbons (Fsp3) is 0.400. The van der Waals surface area contributed by atoms with E-state index in [0.29, 0.717) is 54.9 Å². The summed E-state index contributed by atoms with van der Waals surface area (Å²) in [5, 5.41) is 0.706. The van der Waals surface area contributed by atoms with Gasteiger partial charge in [-0.15, -0.1) is 0 Å². The Morgan fingerprint density at radius 2 is 1.64 bits per heavy atom. The van der Waals surface area contributed by atoms with E-state index < -0.39 is 0 Å². The van der Waals surface area contributed by atoms with Gasteiger partial charge < -0.3 is 19.1 Å². The van der Waals surface area contributed by atoms with Crippen molar-refractivity contribution in [3.8, 4) is 5.75 Å². The lowest BCUT2D eigenvalue weighted by Gasteiger charge is -2.35. The second-order valence-electron chi connectivity index (χ2n) is 6.75. The molecule has 1 aromatic heterocycles. The summed E-state index contributed by atoms with van der Waals surface area (Å²) in [6.45, 7) is 2.04. The first-order valence-corrected chi connectivity index (χ1v) is 9.87. The van der Waals surface area contributed by atoms with Crippen LogP contribution in [0.2, 0.25) is 10.2 Å². The van der Waals surface area contributed by atoms with Crippen molar-refractivity contribution in [1.82, 2.24) is 14.4 Å². The molecule has 6 nitrogen and oxygen atoms in total. The third-order valence-corrected chi connectivity index (χ3v) is 5.88. The predicted octanol–water partition coefficient (Wildman–Crippen LogP) is 3.26. The summed E-state index contributed by atoms with van der Waals surface area (Å²) < 4.78 is 6.72. The second-order valence-corrected chi connectivity index (χ2v) is 7.51. The maximum atomic E-state index is 12.7. The molecule has 0 unspecified atom stereocenters. The molecule has 0 saturated carbocycles. The van der Waals surface area contributed by atoms with E-state index in [0.717, 1.165) is 11.3 Å². The van der Waals surface area contributed by atoms with Crippen LogP contribution in [0.4, 0.5) is 0 Å². The lowest BCUT2D eigenvalue weighted by molar-refractivity contribution is -0.132. The van der Waals surface area contributed by atoms with Gasteiger partial charge in [-0.1, -0.05) is 35.3 Å². The molecule has 0 spiro atoms. The van der Waals surface area contributed by atoms with Crippen molar-refractivity contribution in [2.75, 3.05) is 33.3 Å². The van der Waals surface area contributed by atoms with Crippen LogP contribution in [0.25, 0.3) is 0 Å². The highest BCUT2D eigenvalue weighted by atomic mass is 35.5. The van der Waals surface area contributed by atoms with Gasteiger partial charge in [0.25, 0.3) is 5.91 Å². The van der Waals surface area contributed by atoms with E-state index in [4.69, 9.17) is 27.9 Å². The Bertz CT molecular complexity index is 856. The van der Waals surface area contributed by atoms with E-state index >= 15 is 0 Å². The lowest BCUT2D eigenvalue weighted by atomic mass is 10.1. The number of hydrogen-bond acceptors (Lipinski definition) is 3. The third-order valence-electron chi connectivity index (χ3n) is 5.04. The number of rotatable bonds is 5. The molecule has 8 heteroatoms. The van der Waals surface area contributed by atoms with E-state index in [9.17, 15) is 9.59 Å². The van der Waals surface area contributed by atoms with Gasteiger partial charge in [0.05, 0.1) is 12.1 Å². The van der Waals surface area contributed by atoms with Crippen LogP contribution in [0.1, 0.15) is 22.5 Å². The Morgan fingerprint density at radius 1 is 1.04 bits per heavy atom. The third kappa shape index (κ3) is 4.45. The number of piperazine rings is 1. The average molecular weight is 424 g/mol. The molecule has 2 aromatic rings. The van der Waals surface area contributed by atoms with Crippen molar-refractivity contribution in [1.29, 1.82) is 0 Å². The largest absolute Gasteiger partial charge is 0.497 e. The minimum atomic E-state index is -0.123. The number of methoxy groups -OCH3 is 1. The van der Waals surface area contributed by atoms with E-state index in [1.54, 1.807) is 29.7 Å². The SMILES string of the molecule is COc1ccc(CCC(=O)N2CCN(C(=O)c3cc(Cl)c(Cl)n3C)CC2)cc1. The normalized spacial score (nSPS) is 14.3. The number of hydrogen-bond donors (Lipinski definition) is 0. The van der Waals surface area contributed by atoms with Gasteiger partial charge in [0.1, 0.15) is 16.6 Å². The zero-order chi connectivity index (χ0) is 20.3. The van der Waals surface area contributed by atoms with Crippen molar-refractivity contribution in [2.45, 2.75) is 12.8 Å². The summed E-state index contributed by atoms with van der Waals surface area (Å²) in [5.41, 5.74) is 1.55. The maximum Gasteiger partial charge on any atom is 0.270 e. The molecule has 0 N–H and O–H groups in total. The molecule has 1 fully saturated rings. The predicted molar refractivity (Wildman–Crippen MR) is 109 cm³/mol. The van der Waals surface area contributed by atoms with Crippen molar-refractivity contribution >= 4 is 35.0 Å². The number of benzene rings is 1. The Kier molecular flexibility index (Phi) is 6.52. The van der Waals surface area contributed by atoms with Gasteiger partial charge in [0.2, 0.25) is 5.91 Å². The Labute approximate surface area is 174 Å². The highest BCUT2D eigenvalue weighted by molar-refractivity contribution is 6.41. The maximum absolute atomic E-state index is 12.7. The molecule has 2 heterocycles. The van der Waals surface area contributed by atoms with Crippen LogP contribution in [0.3, 0.4) is 0 Å². The average Bonchev–Trinajstić information content (AvgIpc) is 2.99. The summed E-state index contributed by atoms with van der Waals surface area (Å²) >= 11 is 12.0. The number of amides is 2. The number of carbonyl (C=O) groups excluding carboxylic acids is 2. The van der Waals surface area contributed by atoms with Crippen LogP contribution in [-0.2, 0) is 18.3 Å². The van der Waals surface area contributed by atoms with Gasteiger partial charge in [-0.25, -0.2) is 0 Å². The topological polar surface area (TPSA) is 54.8 Å². The molecule has 1 aromatic carbocycles. The van der Waals surface area contributed by atoms with Crippen LogP contribution < -0.4 is 4.74 Å². The molecule has 1 aliphatic rings. The van der Waals surface area contributed by atoms with Crippen LogP contribution in [0.15, 0.2) is 30.3 Å². The Morgan fingerprint density at radius 3 is 2.18 bits per heavy atom. The Hall–Kier alpha value is -2.18. The van der Waals surface area contributed by atoms with E-state index in [1.165, 1.54) is 0 Å². The quantitative estimate of drug-likeness (QED) is 0.741. The minimum absolute atomic E-state index is 0.105. The zero-order valence-corrected chi connectivity index (χ0v) is 17.5. The number of ether oxygens (including phenoxy) is 1. The molecule has 150 valence electrons. The number of aromatic nitrogens is 1. The first-order chi connectivity index (χ1) is 13.4. The molecule has 0 bridgehead atoms. The first kappa shape index (κ1) is 20.6. The number of carbonyl (C=O) groups is 2. The molecule has 0 atom stereocenters. The summed E-state index contributed by atoms with van der Waals surface area (Å²) in [6, 6.07) is 9.31. The van der Waals surface area contributed by atoms with E-state index in [1.807, 2.05) is 29.2 Å². The molecule has 0 radical (unpaired) electrons. The van der Waals surface area contributed by atoms with Crippen molar-refractivity contribution in [2.24, 2.45) is 7.05 Å². The van der Waals surface area contributed by atoms with Crippen molar-refractivity contribution in [3.63, 3.8) is 0 Å². The summed E-state index contributed by atoms with van der Waals surface area (Å²) in [6.07, 6.45) is 1.13. The number of nitrogens with zero attached hydrogens (tertiary/aromatic N) is 3. The van der Waals surface area contributed by atoms with Gasteiger partial charge in [0, 0.05) is 39.6 Å². The highest BCUT2D eigenvalue weighted by Gasteiger charge is 2.27. The smallest absolute Gasteiger partial charge is 0.270 e. The standard InChI is InChI=1S/C20H23Cl2N3O3/c1-23-17(13-16(21)19(23)22)20(27)25-11-9-24(10-12-25)18(26)8-5-14-3-6-15(28-2)7-4-14/h3-4,6-7,13H,5,8-12H2,1-2H3. The lowest BCUT2D eigenvalue weighted by Crippen LogP contribution is -2.50. The van der Waals surface area contributed by atoms with Gasteiger partial charge >= 0.3 is 0 Å². The summed E-state index contributed by atoms with van der Waals surface area (Å²) in [4.78, 5) is 28.8. The van der Waals surface area contributed by atoms with Crippen LogP contribution in [-0.4, -0.2) is 59.5 Å².